The van der Waals surface area contributed by atoms with Gasteiger partial charge >= 0.3 is 0 Å². The van der Waals surface area contributed by atoms with Gasteiger partial charge in [0.1, 0.15) is 5.75 Å². The number of ether oxygens (including phenoxy) is 1. The average molecular weight is 328 g/mol. The molecule has 0 heterocycles. The first-order valence-corrected chi connectivity index (χ1v) is 9.90. The monoisotopic (exact) mass is 328 g/mol. The summed E-state index contributed by atoms with van der Waals surface area (Å²) in [5, 5.41) is 9.93. The Hall–Kier alpha value is -1.02. The van der Waals surface area contributed by atoms with Crippen molar-refractivity contribution < 1.29 is 9.84 Å². The number of aliphatic hydroxyl groups excluding tert-OH is 1. The lowest BCUT2D eigenvalue weighted by atomic mass is 9.50. The van der Waals surface area contributed by atoms with E-state index in [2.05, 4.69) is 32.0 Å². The van der Waals surface area contributed by atoms with Gasteiger partial charge < -0.3 is 9.84 Å². The number of rotatable bonds is 3. The molecule has 1 aromatic carbocycles. The fourth-order valence-electron chi connectivity index (χ4n) is 6.79. The van der Waals surface area contributed by atoms with Crippen molar-refractivity contribution in [2.75, 3.05) is 13.7 Å². The summed E-state index contributed by atoms with van der Waals surface area (Å²) in [4.78, 5) is 0. The maximum Gasteiger partial charge on any atom is 0.119 e. The first-order valence-electron chi connectivity index (χ1n) is 9.90. The molecule has 6 atom stereocenters. The Morgan fingerprint density at radius 1 is 1.25 bits per heavy atom. The van der Waals surface area contributed by atoms with E-state index < -0.39 is 0 Å². The topological polar surface area (TPSA) is 29.5 Å². The van der Waals surface area contributed by atoms with E-state index in [0.717, 1.165) is 29.4 Å². The maximum absolute atomic E-state index is 9.93. The summed E-state index contributed by atoms with van der Waals surface area (Å²) in [7, 11) is 1.77. The summed E-state index contributed by atoms with van der Waals surface area (Å²) in [6, 6.07) is 6.79. The molecule has 132 valence electrons. The lowest BCUT2D eigenvalue weighted by molar-refractivity contribution is -0.0233. The quantitative estimate of drug-likeness (QED) is 0.864. The van der Waals surface area contributed by atoms with Gasteiger partial charge in [0.25, 0.3) is 0 Å². The number of hydrogen-bond donors (Lipinski definition) is 1. The second-order valence-electron chi connectivity index (χ2n) is 8.73. The molecule has 3 aliphatic rings. The third-order valence-electron chi connectivity index (χ3n) is 7.99. The fourth-order valence-corrected chi connectivity index (χ4v) is 6.79. The highest BCUT2D eigenvalue weighted by Crippen LogP contribution is 2.65. The molecule has 0 unspecified atom stereocenters. The largest absolute Gasteiger partial charge is 0.497 e. The van der Waals surface area contributed by atoms with Gasteiger partial charge in [-0.2, -0.15) is 0 Å². The Bertz CT molecular complexity index is 610. The molecule has 2 saturated carbocycles. The van der Waals surface area contributed by atoms with Crippen molar-refractivity contribution in [3.63, 3.8) is 0 Å². The van der Waals surface area contributed by atoms with Crippen LogP contribution in [0.25, 0.3) is 0 Å². The van der Waals surface area contributed by atoms with Crippen molar-refractivity contribution in [3.8, 4) is 5.75 Å². The first kappa shape index (κ1) is 16.4. The minimum absolute atomic E-state index is 0.362. The zero-order valence-electron chi connectivity index (χ0n) is 15.4. The predicted octanol–water partition coefficient (Wildman–Crippen LogP) is 4.80. The van der Waals surface area contributed by atoms with E-state index in [0.29, 0.717) is 17.9 Å². The predicted molar refractivity (Wildman–Crippen MR) is 97.4 cm³/mol. The van der Waals surface area contributed by atoms with Crippen molar-refractivity contribution in [1.82, 2.24) is 0 Å². The molecule has 0 spiro atoms. The second kappa shape index (κ2) is 6.05. The summed E-state index contributed by atoms with van der Waals surface area (Å²) in [5.74, 6) is 4.62. The molecule has 2 nitrogen and oxygen atoms in total. The Morgan fingerprint density at radius 3 is 2.79 bits per heavy atom. The van der Waals surface area contributed by atoms with Gasteiger partial charge in [-0.05, 0) is 90.4 Å². The molecule has 2 fully saturated rings. The number of methoxy groups -OCH3 is 1. The van der Waals surface area contributed by atoms with Crippen LogP contribution < -0.4 is 4.74 Å². The number of hydrogen-bond acceptors (Lipinski definition) is 2. The third kappa shape index (κ3) is 2.25. The van der Waals surface area contributed by atoms with E-state index >= 15 is 0 Å². The summed E-state index contributed by atoms with van der Waals surface area (Å²) >= 11 is 0. The SMILES string of the molecule is CC[C@H]1C[C@]2(C)[C@H](CO)CC[C@@H]2[C@@H]2CCc3cc(OC)ccc3[C@@H]12. The molecule has 0 amide bonds. The van der Waals surface area contributed by atoms with E-state index in [1.807, 2.05) is 0 Å². The van der Waals surface area contributed by atoms with Crippen molar-refractivity contribution in [3.05, 3.63) is 29.3 Å². The molecule has 1 aromatic rings. The summed E-state index contributed by atoms with van der Waals surface area (Å²) in [6.07, 6.45) is 7.62. The number of fused-ring (bicyclic) bond motifs is 5. The molecular formula is C22H32O2. The Balaban J connectivity index is 1.74. The minimum Gasteiger partial charge on any atom is -0.497 e. The lowest BCUT2D eigenvalue weighted by Crippen LogP contribution is -2.47. The molecule has 24 heavy (non-hydrogen) atoms. The minimum atomic E-state index is 0.362. The van der Waals surface area contributed by atoms with Gasteiger partial charge in [0, 0.05) is 6.61 Å². The van der Waals surface area contributed by atoms with E-state index in [4.69, 9.17) is 4.74 Å². The Morgan fingerprint density at radius 2 is 2.08 bits per heavy atom. The van der Waals surface area contributed by atoms with Crippen LogP contribution in [0.2, 0.25) is 0 Å². The average Bonchev–Trinajstić information content (AvgIpc) is 2.96. The highest BCUT2D eigenvalue weighted by molar-refractivity contribution is 5.41. The molecule has 4 rings (SSSR count). The molecule has 1 N–H and O–H groups in total. The molecular weight excluding hydrogens is 296 g/mol. The highest BCUT2D eigenvalue weighted by atomic mass is 16.5. The second-order valence-corrected chi connectivity index (χ2v) is 8.73. The van der Waals surface area contributed by atoms with Gasteiger partial charge in [-0.25, -0.2) is 0 Å². The zero-order valence-corrected chi connectivity index (χ0v) is 15.4. The van der Waals surface area contributed by atoms with Crippen molar-refractivity contribution >= 4 is 0 Å². The van der Waals surface area contributed by atoms with Crippen LogP contribution in [0.1, 0.15) is 63.0 Å². The fraction of sp³-hybridized carbons (Fsp3) is 0.727. The van der Waals surface area contributed by atoms with Crippen LogP contribution in [-0.4, -0.2) is 18.8 Å². The summed E-state index contributed by atoms with van der Waals surface area (Å²) in [5.41, 5.74) is 3.49. The van der Waals surface area contributed by atoms with Crippen LogP contribution >= 0.6 is 0 Å². The molecule has 0 saturated heterocycles. The van der Waals surface area contributed by atoms with Crippen molar-refractivity contribution in [1.29, 1.82) is 0 Å². The molecule has 0 radical (unpaired) electrons. The maximum atomic E-state index is 9.93. The van der Waals surface area contributed by atoms with Crippen molar-refractivity contribution in [2.45, 2.75) is 58.3 Å². The van der Waals surface area contributed by atoms with Crippen LogP contribution in [0.3, 0.4) is 0 Å². The van der Waals surface area contributed by atoms with Crippen LogP contribution in [0.5, 0.6) is 5.75 Å². The lowest BCUT2D eigenvalue weighted by Gasteiger charge is -2.54. The zero-order chi connectivity index (χ0) is 16.9. The number of benzene rings is 1. The third-order valence-corrected chi connectivity index (χ3v) is 7.99. The standard InChI is InChI=1S/C22H32O2/c1-4-14-12-22(2)16(13-23)6-10-20(22)19-8-5-15-11-17(24-3)7-9-18(15)21(14)19/h7,9,11,14,16,19-21,23H,4-6,8,10,12-13H2,1-3H3/t14-,16-,19-,20+,21+,22+/m0/s1. The molecule has 0 aromatic heterocycles. The Kier molecular flexibility index (Phi) is 4.15. The van der Waals surface area contributed by atoms with Gasteiger partial charge in [-0.15, -0.1) is 0 Å². The molecule has 3 aliphatic carbocycles. The smallest absolute Gasteiger partial charge is 0.119 e. The molecule has 2 heteroatoms. The molecule has 0 aliphatic heterocycles. The molecule has 0 bridgehead atoms. The van der Waals surface area contributed by atoms with Gasteiger partial charge in [0.05, 0.1) is 7.11 Å². The van der Waals surface area contributed by atoms with Crippen LogP contribution in [0.15, 0.2) is 18.2 Å². The summed E-state index contributed by atoms with van der Waals surface area (Å²) < 4.78 is 5.46. The normalized spacial score (nSPS) is 40.6. The Labute approximate surface area is 146 Å². The van der Waals surface area contributed by atoms with E-state index in [1.54, 1.807) is 12.7 Å². The van der Waals surface area contributed by atoms with Gasteiger partial charge in [-0.1, -0.05) is 26.3 Å². The number of aryl methyl sites for hydroxylation is 1. The van der Waals surface area contributed by atoms with Crippen LogP contribution in [0.4, 0.5) is 0 Å². The van der Waals surface area contributed by atoms with E-state index in [9.17, 15) is 5.11 Å². The van der Waals surface area contributed by atoms with Gasteiger partial charge in [0.2, 0.25) is 0 Å². The van der Waals surface area contributed by atoms with Crippen LogP contribution in [-0.2, 0) is 6.42 Å². The van der Waals surface area contributed by atoms with E-state index in [1.165, 1.54) is 44.1 Å². The van der Waals surface area contributed by atoms with Crippen molar-refractivity contribution in [2.24, 2.45) is 29.1 Å². The summed E-state index contributed by atoms with van der Waals surface area (Å²) in [6.45, 7) is 5.24. The number of aliphatic hydroxyl groups is 1. The first-order chi connectivity index (χ1) is 11.6. The van der Waals surface area contributed by atoms with Gasteiger partial charge in [-0.3, -0.25) is 0 Å². The van der Waals surface area contributed by atoms with Gasteiger partial charge in [0.15, 0.2) is 0 Å². The highest BCUT2D eigenvalue weighted by Gasteiger charge is 2.56. The van der Waals surface area contributed by atoms with E-state index in [-0.39, 0.29) is 0 Å². The van der Waals surface area contributed by atoms with Crippen LogP contribution in [0, 0.1) is 29.1 Å².